The number of hydrogen-bond donors (Lipinski definition) is 4. The van der Waals surface area contributed by atoms with Crippen molar-refractivity contribution >= 4 is 23.6 Å². The van der Waals surface area contributed by atoms with Gasteiger partial charge in [0.05, 0.1) is 12.6 Å². The Bertz CT molecular complexity index is 712. The van der Waals surface area contributed by atoms with Crippen molar-refractivity contribution in [1.82, 2.24) is 20.4 Å². The van der Waals surface area contributed by atoms with Crippen LogP contribution in [0.5, 0.6) is 0 Å². The van der Waals surface area contributed by atoms with Gasteiger partial charge in [-0.3, -0.25) is 19.2 Å². The highest BCUT2D eigenvalue weighted by Gasteiger charge is 2.33. The molecule has 10 heteroatoms. The minimum atomic E-state index is -0.951. The van der Waals surface area contributed by atoms with Gasteiger partial charge in [0.25, 0.3) is 0 Å². The summed E-state index contributed by atoms with van der Waals surface area (Å²) in [6.07, 6.45) is 4.19. The predicted octanol–water partition coefficient (Wildman–Crippen LogP) is 0.249. The average Bonchev–Trinajstić information content (AvgIpc) is 2.78. The van der Waals surface area contributed by atoms with E-state index in [-0.39, 0.29) is 18.4 Å². The Kier molecular flexibility index (Phi) is 14.3. The first-order chi connectivity index (χ1) is 15.8. The monoisotopic (exact) mass is 483 g/mol. The number of aliphatic hydroxyl groups is 1. The Morgan fingerprint density at radius 3 is 2.15 bits per heavy atom. The first-order valence-corrected chi connectivity index (χ1v) is 11.9. The third-order valence-electron chi connectivity index (χ3n) is 5.92. The fraction of sp³-hybridized carbons (Fsp3) is 0.750. The summed E-state index contributed by atoms with van der Waals surface area (Å²) in [7, 11) is 4.53. The van der Waals surface area contributed by atoms with Crippen molar-refractivity contribution in [2.45, 2.75) is 78.1 Å². The number of nitrogens with two attached hydrogens (primary N) is 1. The van der Waals surface area contributed by atoms with Gasteiger partial charge in [-0.25, -0.2) is 0 Å². The van der Waals surface area contributed by atoms with Crippen molar-refractivity contribution in [3.8, 4) is 0 Å². The number of allylic oxidation sites excluding steroid dienone is 2. The Hall–Kier alpha value is -2.46. The number of hydrogen-bond acceptors (Lipinski definition) is 6. The van der Waals surface area contributed by atoms with Crippen molar-refractivity contribution in [1.29, 1.82) is 0 Å². The number of nitrogens with one attached hydrogen (secondary N) is 2. The molecule has 0 aliphatic heterocycles. The molecular weight excluding hydrogens is 438 g/mol. The summed E-state index contributed by atoms with van der Waals surface area (Å²) in [6, 6.07) is -2.53. The Morgan fingerprint density at radius 1 is 1.12 bits per heavy atom. The molecule has 0 aromatic rings. The van der Waals surface area contributed by atoms with Gasteiger partial charge in [-0.2, -0.15) is 0 Å². The zero-order valence-electron chi connectivity index (χ0n) is 22.0. The quantitative estimate of drug-likeness (QED) is 0.246. The van der Waals surface area contributed by atoms with Gasteiger partial charge in [-0.15, -0.1) is 0 Å². The highest BCUT2D eigenvalue weighted by molar-refractivity contribution is 5.93. The van der Waals surface area contributed by atoms with Crippen LogP contribution < -0.4 is 16.4 Å². The number of likely N-dealkylation sites (N-methyl/N-ethyl adjacent to an activating group) is 3. The predicted molar refractivity (Wildman–Crippen MR) is 133 cm³/mol. The first kappa shape index (κ1) is 31.5. The molecule has 0 spiro atoms. The molecule has 0 aliphatic carbocycles. The number of primary amides is 1. The summed E-state index contributed by atoms with van der Waals surface area (Å²) < 4.78 is 0. The molecule has 0 unspecified atom stereocenters. The van der Waals surface area contributed by atoms with Gasteiger partial charge in [0.15, 0.2) is 0 Å². The van der Waals surface area contributed by atoms with Gasteiger partial charge in [0.1, 0.15) is 18.1 Å². The van der Waals surface area contributed by atoms with Crippen molar-refractivity contribution in [2.24, 2.45) is 17.6 Å². The molecule has 0 rings (SSSR count). The SMILES string of the molecule is C/C=C/C[C@@H](C)[C@@H](O)[C@H](NC)C(=O)N[C@@H](CC)C(=O)N(C)CC(=O)N(C)[C@@H](CC(C)C)C(N)=O. The molecule has 0 saturated carbocycles. The van der Waals surface area contributed by atoms with Gasteiger partial charge in [-0.1, -0.05) is 39.8 Å². The molecule has 196 valence electrons. The molecule has 0 heterocycles. The third kappa shape index (κ3) is 9.80. The number of carbonyl (C=O) groups excluding carboxylic acids is 4. The maximum atomic E-state index is 13.0. The van der Waals surface area contributed by atoms with Crippen LogP contribution in [0.4, 0.5) is 0 Å². The molecule has 34 heavy (non-hydrogen) atoms. The highest BCUT2D eigenvalue weighted by atomic mass is 16.3. The molecule has 4 amide bonds. The topological polar surface area (TPSA) is 145 Å². The van der Waals surface area contributed by atoms with Crippen molar-refractivity contribution in [2.75, 3.05) is 27.7 Å². The smallest absolute Gasteiger partial charge is 0.245 e. The Balaban J connectivity index is 5.24. The molecule has 0 bridgehead atoms. The van der Waals surface area contributed by atoms with E-state index in [4.69, 9.17) is 5.73 Å². The number of carbonyl (C=O) groups is 4. The fourth-order valence-electron chi connectivity index (χ4n) is 3.62. The average molecular weight is 484 g/mol. The molecule has 0 aliphatic rings. The number of amides is 4. The van der Waals surface area contributed by atoms with Gasteiger partial charge >= 0.3 is 0 Å². The van der Waals surface area contributed by atoms with Crippen LogP contribution in [0.15, 0.2) is 12.2 Å². The van der Waals surface area contributed by atoms with Gasteiger partial charge < -0.3 is 31.3 Å². The molecule has 5 N–H and O–H groups in total. The van der Waals surface area contributed by atoms with Crippen LogP contribution in [0.1, 0.15) is 53.9 Å². The van der Waals surface area contributed by atoms with Crippen LogP contribution in [0, 0.1) is 11.8 Å². The van der Waals surface area contributed by atoms with Crippen LogP contribution in [0.2, 0.25) is 0 Å². The van der Waals surface area contributed by atoms with E-state index in [2.05, 4.69) is 10.6 Å². The second-order valence-electron chi connectivity index (χ2n) is 9.26. The van der Waals surface area contributed by atoms with Crippen LogP contribution in [-0.2, 0) is 19.2 Å². The first-order valence-electron chi connectivity index (χ1n) is 11.9. The second kappa shape index (κ2) is 15.4. The normalized spacial score (nSPS) is 15.9. The van der Waals surface area contributed by atoms with E-state index >= 15 is 0 Å². The zero-order valence-corrected chi connectivity index (χ0v) is 22.0. The highest BCUT2D eigenvalue weighted by Crippen LogP contribution is 2.14. The summed E-state index contributed by atoms with van der Waals surface area (Å²) in [4.78, 5) is 52.8. The molecular formula is C24H45N5O5. The van der Waals surface area contributed by atoms with Gasteiger partial charge in [0, 0.05) is 14.1 Å². The summed E-state index contributed by atoms with van der Waals surface area (Å²) >= 11 is 0. The minimum Gasteiger partial charge on any atom is -0.391 e. The third-order valence-corrected chi connectivity index (χ3v) is 5.92. The summed E-state index contributed by atoms with van der Waals surface area (Å²) in [5, 5.41) is 16.1. The molecule has 0 aromatic carbocycles. The van der Waals surface area contributed by atoms with Gasteiger partial charge in [-0.05, 0) is 45.1 Å². The standard InChI is InChI=1S/C24H45N5O5/c1-9-11-12-16(5)21(31)20(26-6)23(33)27-17(10-2)24(34)28(7)14-19(30)29(8)18(22(25)32)13-15(3)4/h9,11,15-18,20-21,26,31H,10,12-14H2,1-8H3,(H2,25,32)(H,27,33)/b11-9+/t16-,17+,18+,20+,21-/m1/s1. The van der Waals surface area contributed by atoms with Crippen LogP contribution in [0.3, 0.4) is 0 Å². The fourth-order valence-corrected chi connectivity index (χ4v) is 3.62. The lowest BCUT2D eigenvalue weighted by Crippen LogP contribution is -2.57. The molecule has 0 aromatic heterocycles. The minimum absolute atomic E-state index is 0.156. The Labute approximate surface area is 204 Å². The lowest BCUT2D eigenvalue weighted by molar-refractivity contribution is -0.144. The molecule has 0 fully saturated rings. The van der Waals surface area contributed by atoms with Gasteiger partial charge in [0.2, 0.25) is 23.6 Å². The van der Waals surface area contributed by atoms with Crippen molar-refractivity contribution in [3.63, 3.8) is 0 Å². The second-order valence-corrected chi connectivity index (χ2v) is 9.26. The molecule has 10 nitrogen and oxygen atoms in total. The maximum absolute atomic E-state index is 13.0. The lowest BCUT2D eigenvalue weighted by atomic mass is 9.94. The van der Waals surface area contributed by atoms with Crippen molar-refractivity contribution < 1.29 is 24.3 Å². The van der Waals surface area contributed by atoms with E-state index in [0.29, 0.717) is 19.3 Å². The van der Waals surface area contributed by atoms with E-state index in [1.807, 2.05) is 39.8 Å². The largest absolute Gasteiger partial charge is 0.391 e. The number of aliphatic hydroxyl groups excluding tert-OH is 1. The lowest BCUT2D eigenvalue weighted by Gasteiger charge is -2.31. The van der Waals surface area contributed by atoms with Crippen LogP contribution in [0.25, 0.3) is 0 Å². The van der Waals surface area contributed by atoms with Crippen molar-refractivity contribution in [3.05, 3.63) is 12.2 Å². The Morgan fingerprint density at radius 2 is 1.71 bits per heavy atom. The molecule has 0 saturated heterocycles. The van der Waals surface area contributed by atoms with E-state index in [0.717, 1.165) is 0 Å². The summed E-state index contributed by atoms with van der Waals surface area (Å²) in [5.41, 5.74) is 5.46. The molecule has 5 atom stereocenters. The number of rotatable bonds is 15. The van der Waals surface area contributed by atoms with E-state index in [1.165, 1.54) is 23.9 Å². The summed E-state index contributed by atoms with van der Waals surface area (Å²) in [6.45, 7) is 9.07. The van der Waals surface area contributed by atoms with Crippen LogP contribution >= 0.6 is 0 Å². The van der Waals surface area contributed by atoms with E-state index < -0.39 is 47.9 Å². The zero-order chi connectivity index (χ0) is 26.6. The van der Waals surface area contributed by atoms with E-state index in [9.17, 15) is 24.3 Å². The number of nitrogens with zero attached hydrogens (tertiary/aromatic N) is 2. The van der Waals surface area contributed by atoms with Crippen LogP contribution in [-0.4, -0.2) is 90.5 Å². The maximum Gasteiger partial charge on any atom is 0.245 e. The summed E-state index contributed by atoms with van der Waals surface area (Å²) in [5.74, 6) is -1.98. The van der Waals surface area contributed by atoms with E-state index in [1.54, 1.807) is 14.0 Å². The molecule has 0 radical (unpaired) electrons.